The molecule has 6 heteroatoms. The highest BCUT2D eigenvalue weighted by Gasteiger charge is 2.84. The van der Waals surface area contributed by atoms with E-state index in [-0.39, 0.29) is 22.3 Å². The van der Waals surface area contributed by atoms with Crippen LogP contribution in [-0.4, -0.2) is 27.6 Å². The number of Topliss-reactive ketones (excluding diaryl/α,β-unsaturated/α-hetero) is 2. The van der Waals surface area contributed by atoms with E-state index in [1.165, 1.54) is 12.8 Å². The van der Waals surface area contributed by atoms with Crippen LogP contribution in [0.3, 0.4) is 0 Å². The molecule has 5 aliphatic rings. The van der Waals surface area contributed by atoms with Crippen LogP contribution in [0.5, 0.6) is 5.75 Å². The Morgan fingerprint density at radius 3 is 2.50 bits per heavy atom. The van der Waals surface area contributed by atoms with Gasteiger partial charge in [-0.1, -0.05) is 12.5 Å². The number of benzene rings is 1. The van der Waals surface area contributed by atoms with Crippen LogP contribution in [0.4, 0.5) is 0 Å². The van der Waals surface area contributed by atoms with Gasteiger partial charge in [-0.15, -0.1) is 0 Å². The first kappa shape index (κ1) is 15.9. The van der Waals surface area contributed by atoms with E-state index < -0.39 is 34.6 Å². The Bertz CT molecular complexity index is 1110. The van der Waals surface area contributed by atoms with Crippen LogP contribution < -0.4 is 4.74 Å². The first-order chi connectivity index (χ1) is 13.4. The lowest BCUT2D eigenvalue weighted by molar-refractivity contribution is -0.115. The second-order valence-corrected chi connectivity index (χ2v) is 8.29. The lowest BCUT2D eigenvalue weighted by Crippen LogP contribution is -2.30. The lowest BCUT2D eigenvalue weighted by Gasteiger charge is -2.33. The number of ether oxygens (including phenoxy) is 1. The van der Waals surface area contributed by atoms with Gasteiger partial charge in [-0.2, -0.15) is 0 Å². The highest BCUT2D eigenvalue weighted by atomic mass is 16.5. The average molecular weight is 376 g/mol. The van der Waals surface area contributed by atoms with E-state index in [1.54, 1.807) is 6.07 Å². The molecule has 4 aliphatic carbocycles. The fourth-order valence-electron chi connectivity index (χ4n) is 5.75. The first-order valence-electron chi connectivity index (χ1n) is 9.45. The zero-order valence-electron chi connectivity index (χ0n) is 14.8. The molecule has 0 spiro atoms. The number of ketones is 3. The lowest BCUT2D eigenvalue weighted by atomic mass is 9.71. The Labute approximate surface area is 159 Å². The van der Waals surface area contributed by atoms with Gasteiger partial charge in [-0.3, -0.25) is 14.4 Å². The van der Waals surface area contributed by atoms with Crippen molar-refractivity contribution in [3.05, 3.63) is 64.3 Å². The minimum atomic E-state index is -0.937. The van der Waals surface area contributed by atoms with Crippen LogP contribution in [0.25, 0.3) is 0 Å². The molecule has 1 aromatic rings. The van der Waals surface area contributed by atoms with Gasteiger partial charge in [-0.05, 0) is 54.4 Å². The third-order valence-electron chi connectivity index (χ3n) is 7.09. The Hall–Kier alpha value is -3.15. The molecule has 0 saturated heterocycles. The van der Waals surface area contributed by atoms with Gasteiger partial charge in [-0.25, -0.2) is 0 Å². The van der Waals surface area contributed by atoms with Crippen molar-refractivity contribution in [2.45, 2.75) is 24.7 Å². The molecular weight excluding hydrogens is 360 g/mol. The maximum Gasteiger partial charge on any atom is 0.269 e. The van der Waals surface area contributed by atoms with Gasteiger partial charge in [0.05, 0.1) is 11.1 Å². The third kappa shape index (κ3) is 1.75. The average Bonchev–Trinajstić information content (AvgIpc) is 3.59. The van der Waals surface area contributed by atoms with Gasteiger partial charge < -0.3 is 14.9 Å². The molecule has 6 rings (SSSR count). The zero-order valence-corrected chi connectivity index (χ0v) is 14.8. The number of hydrogen-bond acceptors (Lipinski definition) is 6. The summed E-state index contributed by atoms with van der Waals surface area (Å²) in [4.78, 5) is 37.3. The van der Waals surface area contributed by atoms with Gasteiger partial charge in [0.25, 0.3) is 5.78 Å². The van der Waals surface area contributed by atoms with E-state index >= 15 is 0 Å². The maximum atomic E-state index is 12.6. The van der Waals surface area contributed by atoms with E-state index in [2.05, 4.69) is 0 Å². The van der Waals surface area contributed by atoms with Gasteiger partial charge in [0.15, 0.2) is 23.1 Å². The summed E-state index contributed by atoms with van der Waals surface area (Å²) in [7, 11) is 0. The minimum Gasteiger partial charge on any atom is -0.504 e. The SMILES string of the molecule is O=C1C=C(O)C(O)=C/C1=C1/Oc2cc(C34CCCC5C3C54)ccc2C(=O)C1=O. The molecule has 1 heterocycles. The molecule has 0 bridgehead atoms. The molecule has 2 atom stereocenters. The molecule has 1 aromatic carbocycles. The molecule has 0 amide bonds. The molecular formula is C22H16O6. The van der Waals surface area contributed by atoms with Crippen molar-refractivity contribution < 1.29 is 29.3 Å². The van der Waals surface area contributed by atoms with Crippen LogP contribution in [0.1, 0.15) is 35.2 Å². The quantitative estimate of drug-likeness (QED) is 0.577. The molecule has 0 radical (unpaired) electrons. The van der Waals surface area contributed by atoms with Crippen molar-refractivity contribution in [1.82, 2.24) is 0 Å². The first-order valence-corrected chi connectivity index (χ1v) is 9.45. The number of allylic oxidation sites excluding steroid dienone is 4. The summed E-state index contributed by atoms with van der Waals surface area (Å²) in [6, 6.07) is 5.40. The number of rotatable bonds is 1. The number of hydrogen-bond donors (Lipinski definition) is 2. The summed E-state index contributed by atoms with van der Waals surface area (Å²) in [5, 5.41) is 19.2. The van der Waals surface area contributed by atoms with Crippen LogP contribution in [0, 0.1) is 17.8 Å². The zero-order chi connectivity index (χ0) is 19.4. The predicted octanol–water partition coefficient (Wildman–Crippen LogP) is 2.85. The normalized spacial score (nSPS) is 37.4. The van der Waals surface area contributed by atoms with Crippen molar-refractivity contribution in [3.63, 3.8) is 0 Å². The molecule has 2 unspecified atom stereocenters. The minimum absolute atomic E-state index is 0.186. The molecule has 140 valence electrons. The number of aliphatic hydroxyl groups is 2. The van der Waals surface area contributed by atoms with E-state index in [0.717, 1.165) is 41.9 Å². The van der Waals surface area contributed by atoms with Gasteiger partial charge in [0, 0.05) is 11.5 Å². The fourth-order valence-corrected chi connectivity index (χ4v) is 5.75. The Morgan fingerprint density at radius 1 is 1.00 bits per heavy atom. The smallest absolute Gasteiger partial charge is 0.269 e. The molecule has 2 N–H and O–H groups in total. The molecule has 3 saturated carbocycles. The van der Waals surface area contributed by atoms with Gasteiger partial charge in [0.2, 0.25) is 5.78 Å². The van der Waals surface area contributed by atoms with Crippen molar-refractivity contribution in [1.29, 1.82) is 0 Å². The summed E-state index contributed by atoms with van der Waals surface area (Å²) in [6.45, 7) is 0. The number of carbonyl (C=O) groups is 3. The topological polar surface area (TPSA) is 101 Å². The van der Waals surface area contributed by atoms with Crippen LogP contribution in [0.2, 0.25) is 0 Å². The van der Waals surface area contributed by atoms with E-state index in [4.69, 9.17) is 4.74 Å². The standard InChI is InChI=1S/C22H16O6/c23-13-8-15(25)14(24)7-12(13)21-20(27)19(26)10-4-3-9(6-16(10)28-21)22-5-1-2-11-17(22)18(11)22/h3-4,6-8,11,17-18,24-25H,1-2,5H2/b21-12-. The molecule has 1 aliphatic heterocycles. The van der Waals surface area contributed by atoms with Crippen LogP contribution in [0.15, 0.2) is 53.2 Å². The van der Waals surface area contributed by atoms with Crippen molar-refractivity contribution >= 4 is 17.3 Å². The highest BCUT2D eigenvalue weighted by Crippen LogP contribution is 2.86. The fraction of sp³-hybridized carbons (Fsp3) is 0.318. The highest BCUT2D eigenvalue weighted by molar-refractivity contribution is 6.51. The predicted molar refractivity (Wildman–Crippen MR) is 95.9 cm³/mol. The van der Waals surface area contributed by atoms with E-state index in [9.17, 15) is 24.6 Å². The van der Waals surface area contributed by atoms with Gasteiger partial charge >= 0.3 is 0 Å². The van der Waals surface area contributed by atoms with Crippen molar-refractivity contribution in [3.8, 4) is 5.75 Å². The number of fused-ring (bicyclic) bond motifs is 3. The summed E-state index contributed by atoms with van der Waals surface area (Å²) >= 11 is 0. The molecule has 0 aromatic heterocycles. The summed E-state index contributed by atoms with van der Waals surface area (Å²) in [5.41, 5.74) is 1.28. The summed E-state index contributed by atoms with van der Waals surface area (Å²) < 4.78 is 5.73. The molecule has 28 heavy (non-hydrogen) atoms. The molecule has 6 nitrogen and oxygen atoms in total. The monoisotopic (exact) mass is 376 g/mol. The Morgan fingerprint density at radius 2 is 1.75 bits per heavy atom. The van der Waals surface area contributed by atoms with E-state index in [1.807, 2.05) is 12.1 Å². The molecule has 3 fully saturated rings. The van der Waals surface area contributed by atoms with E-state index in [0.29, 0.717) is 0 Å². The van der Waals surface area contributed by atoms with Gasteiger partial charge in [0.1, 0.15) is 5.75 Å². The van der Waals surface area contributed by atoms with Crippen molar-refractivity contribution in [2.24, 2.45) is 17.8 Å². The number of aliphatic hydroxyl groups excluding tert-OH is 2. The third-order valence-corrected chi connectivity index (χ3v) is 7.09. The summed E-state index contributed by atoms with van der Waals surface area (Å²) in [5.74, 6) is -1.34. The van der Waals surface area contributed by atoms with Crippen molar-refractivity contribution in [2.75, 3.05) is 0 Å². The van der Waals surface area contributed by atoms with Crippen LogP contribution in [-0.2, 0) is 15.0 Å². The maximum absolute atomic E-state index is 12.6. The second-order valence-electron chi connectivity index (χ2n) is 8.29. The second kappa shape index (κ2) is 4.82. The Balaban J connectivity index is 1.43. The largest absolute Gasteiger partial charge is 0.504 e. The van der Waals surface area contributed by atoms with Crippen LogP contribution >= 0.6 is 0 Å². The summed E-state index contributed by atoms with van der Waals surface area (Å²) in [6.07, 6.45) is 5.39. The number of carbonyl (C=O) groups excluding carboxylic acids is 3. The Kier molecular flexibility index (Phi) is 2.73.